The Labute approximate surface area is 170 Å². The molecule has 13 heteroatoms. The van der Waals surface area contributed by atoms with E-state index in [9.17, 15) is 23.3 Å². The highest BCUT2D eigenvalue weighted by Crippen LogP contribution is 2.34. The molecule has 3 N–H and O–H groups in total. The van der Waals surface area contributed by atoms with Crippen LogP contribution in [-0.4, -0.2) is 26.6 Å². The summed E-state index contributed by atoms with van der Waals surface area (Å²) < 4.78 is 54.5. The number of alkyl halides is 3. The number of ether oxygens (including phenoxy) is 2. The third-order valence-corrected chi connectivity index (χ3v) is 2.97. The van der Waals surface area contributed by atoms with E-state index in [1.165, 1.54) is 30.3 Å². The molecule has 0 spiro atoms. The van der Waals surface area contributed by atoms with Crippen molar-refractivity contribution in [1.82, 2.24) is 0 Å². The van der Waals surface area contributed by atoms with Crippen LogP contribution in [0.4, 0.5) is 24.5 Å². The van der Waals surface area contributed by atoms with Gasteiger partial charge in [-0.05, 0) is 51.1 Å². The van der Waals surface area contributed by atoms with E-state index in [4.69, 9.17) is 19.1 Å². The predicted molar refractivity (Wildman–Crippen MR) is 102 cm³/mol. The molecule has 164 valence electrons. The van der Waals surface area contributed by atoms with Gasteiger partial charge in [-0.3, -0.25) is 10.1 Å². The second-order valence-electron chi connectivity index (χ2n) is 6.69. The quantitative estimate of drug-likeness (QED) is 0.324. The van der Waals surface area contributed by atoms with Gasteiger partial charge in [0.25, 0.3) is 5.69 Å². The number of benzene rings is 2. The molecule has 0 aliphatic heterocycles. The van der Waals surface area contributed by atoms with Crippen molar-refractivity contribution in [3.63, 3.8) is 0 Å². The van der Waals surface area contributed by atoms with Crippen molar-refractivity contribution in [3.8, 4) is 17.2 Å². The minimum absolute atomic E-state index is 0.110. The molecule has 0 aliphatic rings. The highest BCUT2D eigenvalue weighted by Gasteiger charge is 2.31. The molecule has 2 aromatic carbocycles. The van der Waals surface area contributed by atoms with Crippen molar-refractivity contribution in [3.05, 3.63) is 52.6 Å². The second-order valence-corrected chi connectivity index (χ2v) is 7.19. The number of nitro groups is 1. The minimum Gasteiger partial charge on any atom is -0.457 e. The second kappa shape index (κ2) is 10.2. The SMILES string of the molecule is CC(C)(C)Nc1cc(Oc2ccc(OC(F)(F)F)cc2)ccc1[N+](=O)[O-].O=[P+](O)O. The zero-order chi connectivity index (χ0) is 23.1. The van der Waals surface area contributed by atoms with Crippen LogP contribution in [0.2, 0.25) is 0 Å². The molecule has 0 aromatic heterocycles. The molecule has 30 heavy (non-hydrogen) atoms. The lowest BCUT2D eigenvalue weighted by Crippen LogP contribution is -2.26. The van der Waals surface area contributed by atoms with Crippen LogP contribution >= 0.6 is 8.25 Å². The number of nitrogens with one attached hydrogen (secondary N) is 1. The Balaban J connectivity index is 0.00000103. The fraction of sp³-hybridized carbons (Fsp3) is 0.294. The minimum atomic E-state index is -4.77. The normalized spacial score (nSPS) is 11.1. The number of nitro benzene ring substituents is 1. The third-order valence-electron chi connectivity index (χ3n) is 2.97. The van der Waals surface area contributed by atoms with Gasteiger partial charge in [0.15, 0.2) is 0 Å². The van der Waals surface area contributed by atoms with Crippen LogP contribution in [0.25, 0.3) is 0 Å². The summed E-state index contributed by atoms with van der Waals surface area (Å²) in [5.74, 6) is 0.186. The van der Waals surface area contributed by atoms with E-state index in [1.807, 2.05) is 20.8 Å². The lowest BCUT2D eigenvalue weighted by atomic mass is 10.1. The van der Waals surface area contributed by atoms with E-state index >= 15 is 0 Å². The molecule has 0 unspecified atom stereocenters. The molecule has 0 amide bonds. The van der Waals surface area contributed by atoms with Crippen molar-refractivity contribution >= 4 is 19.6 Å². The number of anilines is 1. The van der Waals surface area contributed by atoms with Crippen LogP contribution in [0.5, 0.6) is 17.2 Å². The lowest BCUT2D eigenvalue weighted by Gasteiger charge is -2.22. The summed E-state index contributed by atoms with van der Waals surface area (Å²) in [6.07, 6.45) is -4.77. The molecule has 0 saturated carbocycles. The standard InChI is InChI=1S/C17H17F3N2O4.HO3P/c1-16(2,3)21-14-10-13(8-9-15(14)22(23)24)25-11-4-6-12(7-5-11)26-17(18,19)20;1-4(2)3/h4-10,21H,1-3H3;(H-,1,2,3)/p+1. The van der Waals surface area contributed by atoms with Crippen LogP contribution < -0.4 is 14.8 Å². The van der Waals surface area contributed by atoms with Crippen molar-refractivity contribution in [2.24, 2.45) is 0 Å². The Morgan fingerprint density at radius 3 is 1.90 bits per heavy atom. The highest BCUT2D eigenvalue weighted by molar-refractivity contribution is 7.30. The molecule has 0 fully saturated rings. The summed E-state index contributed by atoms with van der Waals surface area (Å²) >= 11 is 0. The van der Waals surface area contributed by atoms with Gasteiger partial charge in [0.1, 0.15) is 22.9 Å². The maximum absolute atomic E-state index is 12.2. The maximum Gasteiger partial charge on any atom is 0.692 e. The van der Waals surface area contributed by atoms with Crippen molar-refractivity contribution in [1.29, 1.82) is 0 Å². The molecule has 2 aromatic rings. The summed E-state index contributed by atoms with van der Waals surface area (Å²) in [7, 11) is -2.87. The molecule has 0 atom stereocenters. The Kier molecular flexibility index (Phi) is 8.52. The van der Waals surface area contributed by atoms with Crippen molar-refractivity contribution in [2.75, 3.05) is 5.32 Å². The van der Waals surface area contributed by atoms with Crippen LogP contribution in [0.15, 0.2) is 42.5 Å². The van der Waals surface area contributed by atoms with Crippen molar-refractivity contribution < 1.29 is 41.9 Å². The Hall–Kier alpha value is -2.95. The molecule has 0 aliphatic carbocycles. The van der Waals surface area contributed by atoms with Crippen LogP contribution in [-0.2, 0) is 4.57 Å². The average Bonchev–Trinajstić information content (AvgIpc) is 2.53. The number of nitrogens with zero attached hydrogens (tertiary/aromatic N) is 1. The molecule has 0 saturated heterocycles. The zero-order valence-electron chi connectivity index (χ0n) is 16.0. The zero-order valence-corrected chi connectivity index (χ0v) is 16.9. The largest absolute Gasteiger partial charge is 0.692 e. The highest BCUT2D eigenvalue weighted by atomic mass is 31.1. The lowest BCUT2D eigenvalue weighted by molar-refractivity contribution is -0.384. The first kappa shape index (κ1) is 25.1. The topological polar surface area (TPSA) is 131 Å². The van der Waals surface area contributed by atoms with Crippen LogP contribution in [0, 0.1) is 10.1 Å². The summed E-state index contributed by atoms with van der Waals surface area (Å²) in [5, 5.41) is 14.2. The number of halogens is 3. The van der Waals surface area contributed by atoms with Gasteiger partial charge in [-0.2, -0.15) is 0 Å². The van der Waals surface area contributed by atoms with E-state index < -0.39 is 25.1 Å². The van der Waals surface area contributed by atoms with Gasteiger partial charge >= 0.3 is 14.6 Å². The van der Waals surface area contributed by atoms with Gasteiger partial charge in [-0.25, -0.2) is 0 Å². The molecule has 0 heterocycles. The van der Waals surface area contributed by atoms with Crippen LogP contribution in [0.1, 0.15) is 20.8 Å². The third kappa shape index (κ3) is 10.0. The fourth-order valence-corrected chi connectivity index (χ4v) is 2.09. The van der Waals surface area contributed by atoms with Gasteiger partial charge in [0.05, 0.1) is 4.92 Å². The first-order valence-electron chi connectivity index (χ1n) is 8.11. The summed E-state index contributed by atoms with van der Waals surface area (Å²) in [6.45, 7) is 5.55. The van der Waals surface area contributed by atoms with E-state index in [0.717, 1.165) is 12.1 Å². The first-order chi connectivity index (χ1) is 13.7. The first-order valence-corrected chi connectivity index (χ1v) is 9.28. The molecule has 0 bridgehead atoms. The van der Waals surface area contributed by atoms with E-state index in [0.29, 0.717) is 5.75 Å². The summed E-state index contributed by atoms with van der Waals surface area (Å²) in [6, 6.07) is 9.00. The Morgan fingerprint density at radius 2 is 1.47 bits per heavy atom. The van der Waals surface area contributed by atoms with Gasteiger partial charge in [-0.15, -0.1) is 23.0 Å². The van der Waals surface area contributed by atoms with Gasteiger partial charge in [0.2, 0.25) is 0 Å². The molecule has 2 rings (SSSR count). The van der Waals surface area contributed by atoms with E-state index in [1.54, 1.807) is 0 Å². The Morgan fingerprint density at radius 1 is 1.00 bits per heavy atom. The van der Waals surface area contributed by atoms with E-state index in [-0.39, 0.29) is 22.9 Å². The van der Waals surface area contributed by atoms with Gasteiger partial charge in [-0.1, -0.05) is 0 Å². The number of rotatable bonds is 5. The Bertz CT molecular complexity index is 880. The molecular formula is C17H19F3N2O7P+. The predicted octanol–water partition coefficient (Wildman–Crippen LogP) is 5.12. The van der Waals surface area contributed by atoms with Gasteiger partial charge in [0, 0.05) is 22.2 Å². The number of hydrogen-bond acceptors (Lipinski definition) is 6. The van der Waals surface area contributed by atoms with Crippen LogP contribution in [0.3, 0.4) is 0 Å². The monoisotopic (exact) mass is 451 g/mol. The van der Waals surface area contributed by atoms with Crippen molar-refractivity contribution in [2.45, 2.75) is 32.7 Å². The van der Waals surface area contributed by atoms with E-state index in [2.05, 4.69) is 10.1 Å². The average molecular weight is 451 g/mol. The molecule has 0 radical (unpaired) electrons. The summed E-state index contributed by atoms with van der Waals surface area (Å²) in [5.41, 5.74) is -0.252. The molecule has 9 nitrogen and oxygen atoms in total. The summed E-state index contributed by atoms with van der Waals surface area (Å²) in [4.78, 5) is 24.9. The van der Waals surface area contributed by atoms with Gasteiger partial charge < -0.3 is 14.8 Å². The smallest absolute Gasteiger partial charge is 0.457 e. The maximum atomic E-state index is 12.2. The number of hydrogen-bond donors (Lipinski definition) is 3. The molecular weight excluding hydrogens is 432 g/mol. The fourth-order valence-electron chi connectivity index (χ4n) is 2.09.